The molecular weight excluding hydrogens is 462 g/mol. The van der Waals surface area contributed by atoms with Gasteiger partial charge in [0.1, 0.15) is 16.9 Å². The van der Waals surface area contributed by atoms with Gasteiger partial charge in [0.2, 0.25) is 5.89 Å². The lowest BCUT2D eigenvalue weighted by molar-refractivity contribution is -0.147. The van der Waals surface area contributed by atoms with Crippen molar-refractivity contribution in [2.24, 2.45) is 0 Å². The Morgan fingerprint density at radius 1 is 1.09 bits per heavy atom. The molecule has 0 saturated carbocycles. The second-order valence-corrected chi connectivity index (χ2v) is 8.55. The smallest absolute Gasteiger partial charge is 0.343 e. The van der Waals surface area contributed by atoms with E-state index in [-0.39, 0.29) is 31.8 Å². The van der Waals surface area contributed by atoms with Crippen molar-refractivity contribution in [3.8, 4) is 28.3 Å². The Labute approximate surface area is 201 Å². The summed E-state index contributed by atoms with van der Waals surface area (Å²) in [6.45, 7) is 0.263. The number of halogens is 1. The highest BCUT2D eigenvalue weighted by molar-refractivity contribution is 6.30. The van der Waals surface area contributed by atoms with Gasteiger partial charge in [-0.15, -0.1) is 0 Å². The molecule has 0 spiro atoms. The van der Waals surface area contributed by atoms with Crippen molar-refractivity contribution in [2.75, 3.05) is 27.2 Å². The molecule has 2 heterocycles. The summed E-state index contributed by atoms with van der Waals surface area (Å²) in [5.41, 5.74) is 0.502. The van der Waals surface area contributed by atoms with Crippen LogP contribution in [0, 0.1) is 0 Å². The maximum absolute atomic E-state index is 12.5. The first-order valence-electron chi connectivity index (χ1n) is 10.6. The van der Waals surface area contributed by atoms with Gasteiger partial charge in [-0.2, -0.15) is 0 Å². The van der Waals surface area contributed by atoms with Gasteiger partial charge in [-0.1, -0.05) is 23.7 Å². The fraction of sp³-hybridized carbons (Fsp3) is 0.292. The van der Waals surface area contributed by atoms with E-state index in [1.54, 1.807) is 43.5 Å². The molecule has 2 N–H and O–H groups in total. The first kappa shape index (κ1) is 23.6. The number of amides is 2. The van der Waals surface area contributed by atoms with Crippen LogP contribution >= 0.6 is 11.6 Å². The van der Waals surface area contributed by atoms with Crippen molar-refractivity contribution in [3.05, 3.63) is 59.4 Å². The van der Waals surface area contributed by atoms with Crippen LogP contribution in [-0.4, -0.2) is 64.5 Å². The van der Waals surface area contributed by atoms with Gasteiger partial charge in [0.15, 0.2) is 5.76 Å². The summed E-state index contributed by atoms with van der Waals surface area (Å²) in [5, 5.41) is 20.7. The lowest BCUT2D eigenvalue weighted by atomic mass is 9.78. The third-order valence-electron chi connectivity index (χ3n) is 6.08. The Morgan fingerprint density at radius 2 is 1.68 bits per heavy atom. The number of urea groups is 1. The predicted octanol–water partition coefficient (Wildman–Crippen LogP) is 4.53. The van der Waals surface area contributed by atoms with Gasteiger partial charge in [0.25, 0.3) is 0 Å². The van der Waals surface area contributed by atoms with Gasteiger partial charge >= 0.3 is 12.0 Å². The summed E-state index contributed by atoms with van der Waals surface area (Å²) in [6.07, 6.45) is 0.176. The molecule has 1 aliphatic rings. The Kier molecular flexibility index (Phi) is 6.49. The van der Waals surface area contributed by atoms with Crippen molar-refractivity contribution < 1.29 is 29.1 Å². The van der Waals surface area contributed by atoms with Crippen LogP contribution in [0.2, 0.25) is 5.02 Å². The van der Waals surface area contributed by atoms with Crippen LogP contribution in [0.1, 0.15) is 18.7 Å². The second-order valence-electron chi connectivity index (χ2n) is 8.11. The zero-order valence-electron chi connectivity index (χ0n) is 18.7. The summed E-state index contributed by atoms with van der Waals surface area (Å²) in [5.74, 6) is 0.0842. The lowest BCUT2D eigenvalue weighted by Crippen LogP contribution is -2.51. The van der Waals surface area contributed by atoms with Crippen LogP contribution in [0.3, 0.4) is 0 Å². The minimum Gasteiger partial charge on any atom is -0.497 e. The summed E-state index contributed by atoms with van der Waals surface area (Å²) in [7, 11) is 2.80. The number of hydrogen-bond donors (Lipinski definition) is 2. The molecule has 9 nitrogen and oxygen atoms in total. The molecular formula is C24H24ClN3O6. The molecule has 1 saturated heterocycles. The molecule has 3 aromatic rings. The number of hydrogen-bond acceptors (Lipinski definition) is 6. The summed E-state index contributed by atoms with van der Waals surface area (Å²) < 4.78 is 11.4. The van der Waals surface area contributed by atoms with Crippen molar-refractivity contribution in [2.45, 2.75) is 18.3 Å². The largest absolute Gasteiger partial charge is 0.497 e. The predicted molar refractivity (Wildman–Crippen MR) is 124 cm³/mol. The topological polar surface area (TPSA) is 116 Å². The monoisotopic (exact) mass is 485 g/mol. The highest BCUT2D eigenvalue weighted by Crippen LogP contribution is 2.41. The standard InChI is InChI=1S/C24H24ClN3O6/c1-27(32)23(31)28-13-11-24(12-14-28,22(29)30)21-26-19(15-3-7-17(25)8-4-15)20(34-21)16-5-9-18(33-2)10-6-16/h3-10,32H,11-14H2,1-2H3,(H,29,30). The number of methoxy groups -OCH3 is 1. The molecule has 10 heteroatoms. The third-order valence-corrected chi connectivity index (χ3v) is 6.33. The minimum absolute atomic E-state index is 0.0696. The van der Waals surface area contributed by atoms with E-state index in [1.807, 2.05) is 12.1 Å². The number of aromatic nitrogens is 1. The maximum atomic E-state index is 12.5. The number of nitrogens with zero attached hydrogens (tertiary/aromatic N) is 3. The van der Waals surface area contributed by atoms with Gasteiger partial charge in [-0.05, 0) is 49.2 Å². The van der Waals surface area contributed by atoms with Crippen molar-refractivity contribution >= 4 is 23.6 Å². The molecule has 0 unspecified atom stereocenters. The molecule has 1 fully saturated rings. The number of benzene rings is 2. The normalized spacial score (nSPS) is 15.1. The number of piperidine rings is 1. The highest BCUT2D eigenvalue weighted by atomic mass is 35.5. The van der Waals surface area contributed by atoms with Gasteiger partial charge in [0.05, 0.1) is 7.11 Å². The number of carboxylic acids is 1. The molecule has 178 valence electrons. The van der Waals surface area contributed by atoms with Crippen molar-refractivity contribution in [3.63, 3.8) is 0 Å². The van der Waals surface area contributed by atoms with E-state index in [0.29, 0.717) is 32.9 Å². The van der Waals surface area contributed by atoms with Gasteiger partial charge in [-0.3, -0.25) is 10.0 Å². The van der Waals surface area contributed by atoms with Crippen LogP contribution in [0.25, 0.3) is 22.6 Å². The average molecular weight is 486 g/mol. The number of likely N-dealkylation sites (tertiary alicyclic amines) is 1. The number of carbonyl (C=O) groups is 2. The molecule has 0 bridgehead atoms. The van der Waals surface area contributed by atoms with Gasteiger partial charge in [0, 0.05) is 36.3 Å². The number of carboxylic acid groups (broad SMARTS) is 1. The quantitative estimate of drug-likeness (QED) is 0.402. The molecule has 1 aromatic heterocycles. The molecule has 0 aliphatic carbocycles. The molecule has 2 amide bonds. The Bertz CT molecular complexity index is 1180. The van der Waals surface area contributed by atoms with Crippen LogP contribution in [-0.2, 0) is 10.2 Å². The molecule has 34 heavy (non-hydrogen) atoms. The average Bonchev–Trinajstić information content (AvgIpc) is 3.30. The van der Waals surface area contributed by atoms with E-state index in [9.17, 15) is 19.9 Å². The number of ether oxygens (including phenoxy) is 1. The number of aliphatic carboxylic acids is 1. The van der Waals surface area contributed by atoms with E-state index in [1.165, 1.54) is 11.9 Å². The molecule has 1 aliphatic heterocycles. The van der Waals surface area contributed by atoms with Gasteiger partial charge in [-0.25, -0.2) is 14.8 Å². The third kappa shape index (κ3) is 4.32. The molecule has 0 radical (unpaired) electrons. The molecule has 2 aromatic carbocycles. The first-order chi connectivity index (χ1) is 16.2. The number of carbonyl (C=O) groups excluding carboxylic acids is 1. The minimum atomic E-state index is -1.42. The number of hydroxylamine groups is 2. The van der Waals surface area contributed by atoms with E-state index < -0.39 is 17.4 Å². The van der Waals surface area contributed by atoms with E-state index in [4.69, 9.17) is 20.8 Å². The maximum Gasteiger partial charge on any atom is 0.343 e. The van der Waals surface area contributed by atoms with E-state index in [0.717, 1.165) is 5.56 Å². The Morgan fingerprint density at radius 3 is 2.21 bits per heavy atom. The van der Waals surface area contributed by atoms with E-state index >= 15 is 0 Å². The van der Waals surface area contributed by atoms with Crippen molar-refractivity contribution in [1.82, 2.24) is 14.9 Å². The fourth-order valence-corrected chi connectivity index (χ4v) is 4.20. The zero-order valence-corrected chi connectivity index (χ0v) is 19.5. The van der Waals surface area contributed by atoms with Crippen LogP contribution < -0.4 is 4.74 Å². The number of oxazole rings is 1. The van der Waals surface area contributed by atoms with Crippen LogP contribution in [0.4, 0.5) is 4.79 Å². The van der Waals surface area contributed by atoms with Crippen LogP contribution in [0.5, 0.6) is 5.75 Å². The lowest BCUT2D eigenvalue weighted by Gasteiger charge is -2.37. The molecule has 4 rings (SSSR count). The Hall–Kier alpha value is -3.56. The SMILES string of the molecule is COc1ccc(-c2oc(C3(C(=O)O)CCN(C(=O)N(C)O)CC3)nc2-c2ccc(Cl)cc2)cc1. The number of rotatable bonds is 5. The fourth-order valence-electron chi connectivity index (χ4n) is 4.07. The van der Waals surface area contributed by atoms with Crippen LogP contribution in [0.15, 0.2) is 52.9 Å². The molecule has 0 atom stereocenters. The van der Waals surface area contributed by atoms with E-state index in [2.05, 4.69) is 4.98 Å². The second kappa shape index (κ2) is 9.36. The van der Waals surface area contributed by atoms with Gasteiger partial charge < -0.3 is 19.2 Å². The summed E-state index contributed by atoms with van der Waals surface area (Å²) in [6, 6.07) is 13.6. The Balaban J connectivity index is 1.78. The zero-order chi connectivity index (χ0) is 24.5. The van der Waals surface area contributed by atoms with Crippen molar-refractivity contribution in [1.29, 1.82) is 0 Å². The first-order valence-corrected chi connectivity index (χ1v) is 11.0. The summed E-state index contributed by atoms with van der Waals surface area (Å²) >= 11 is 6.05. The highest BCUT2D eigenvalue weighted by Gasteiger charge is 2.49. The summed E-state index contributed by atoms with van der Waals surface area (Å²) in [4.78, 5) is 30.7.